The molecule has 0 bridgehead atoms. The molecule has 1 heterocycles. The third-order valence-electron chi connectivity index (χ3n) is 4.37. The van der Waals surface area contributed by atoms with Gasteiger partial charge in [0.05, 0.1) is 0 Å². The van der Waals surface area contributed by atoms with Crippen LogP contribution in [0.3, 0.4) is 0 Å². The lowest BCUT2D eigenvalue weighted by molar-refractivity contribution is 0.316. The zero-order valence-corrected chi connectivity index (χ0v) is 11.9. The first-order chi connectivity index (χ1) is 8.60. The minimum absolute atomic E-state index is 0.464. The van der Waals surface area contributed by atoms with Crippen LogP contribution in [-0.2, 0) is 6.54 Å². The molecular weight excluding hydrogens is 220 g/mol. The van der Waals surface area contributed by atoms with Gasteiger partial charge in [0.2, 0.25) is 0 Å². The second kappa shape index (κ2) is 5.85. The van der Waals surface area contributed by atoms with Crippen molar-refractivity contribution in [2.45, 2.75) is 33.2 Å². The molecule has 2 N–H and O–H groups in total. The molecule has 100 valence electrons. The molecule has 0 aromatic heterocycles. The number of likely N-dealkylation sites (tertiary alicyclic amines) is 1. The Labute approximate surface area is 111 Å². The summed E-state index contributed by atoms with van der Waals surface area (Å²) in [6.07, 6.45) is 0. The lowest BCUT2D eigenvalue weighted by Gasteiger charge is -2.16. The molecule has 2 rings (SSSR count). The maximum Gasteiger partial charge on any atom is 0.0233 e. The normalized spacial score (nSPS) is 26.4. The van der Waals surface area contributed by atoms with E-state index in [1.54, 1.807) is 0 Å². The van der Waals surface area contributed by atoms with Gasteiger partial charge in [0, 0.05) is 19.6 Å². The zero-order chi connectivity index (χ0) is 13.1. The second-order valence-corrected chi connectivity index (χ2v) is 6.03. The van der Waals surface area contributed by atoms with E-state index in [4.69, 9.17) is 5.73 Å². The van der Waals surface area contributed by atoms with Crippen LogP contribution in [0.5, 0.6) is 0 Å². The number of hydrogen-bond donors (Lipinski definition) is 1. The van der Waals surface area contributed by atoms with Crippen LogP contribution in [0.15, 0.2) is 24.3 Å². The van der Waals surface area contributed by atoms with Crippen LogP contribution in [0.1, 0.15) is 37.8 Å². The van der Waals surface area contributed by atoms with E-state index in [0.29, 0.717) is 5.92 Å². The number of nitrogens with two attached hydrogens (primary N) is 1. The van der Waals surface area contributed by atoms with Crippen LogP contribution >= 0.6 is 0 Å². The Morgan fingerprint density at radius 3 is 2.22 bits per heavy atom. The second-order valence-electron chi connectivity index (χ2n) is 6.03. The quantitative estimate of drug-likeness (QED) is 0.885. The number of benzene rings is 1. The van der Waals surface area contributed by atoms with Gasteiger partial charge < -0.3 is 5.73 Å². The highest BCUT2D eigenvalue weighted by Crippen LogP contribution is 2.24. The van der Waals surface area contributed by atoms with E-state index in [0.717, 1.165) is 24.9 Å². The molecule has 0 amide bonds. The van der Waals surface area contributed by atoms with Crippen LogP contribution in [0, 0.1) is 11.8 Å². The van der Waals surface area contributed by atoms with E-state index >= 15 is 0 Å². The summed E-state index contributed by atoms with van der Waals surface area (Å²) in [7, 11) is 0. The summed E-state index contributed by atoms with van der Waals surface area (Å²) < 4.78 is 0. The molecule has 2 heteroatoms. The first-order valence-electron chi connectivity index (χ1n) is 7.11. The molecule has 1 aromatic carbocycles. The van der Waals surface area contributed by atoms with E-state index in [1.807, 2.05) is 0 Å². The predicted molar refractivity (Wildman–Crippen MR) is 77.5 cm³/mol. The van der Waals surface area contributed by atoms with Crippen LogP contribution in [0.2, 0.25) is 0 Å². The third kappa shape index (κ3) is 3.12. The van der Waals surface area contributed by atoms with Crippen molar-refractivity contribution in [1.82, 2.24) is 4.90 Å². The molecule has 1 aliphatic rings. The SMILES string of the molecule is CC(CN)c1ccc(CN2CC(C)C(C)C2)cc1. The number of rotatable bonds is 4. The van der Waals surface area contributed by atoms with E-state index in [-0.39, 0.29) is 0 Å². The monoisotopic (exact) mass is 246 g/mol. The number of hydrogen-bond acceptors (Lipinski definition) is 2. The van der Waals surface area contributed by atoms with Crippen molar-refractivity contribution in [3.8, 4) is 0 Å². The molecule has 0 radical (unpaired) electrons. The van der Waals surface area contributed by atoms with Crippen molar-refractivity contribution in [3.05, 3.63) is 35.4 Å². The van der Waals surface area contributed by atoms with Gasteiger partial charge in [0.25, 0.3) is 0 Å². The molecule has 0 saturated carbocycles. The van der Waals surface area contributed by atoms with Gasteiger partial charge in [-0.25, -0.2) is 0 Å². The van der Waals surface area contributed by atoms with Crippen LogP contribution < -0.4 is 5.73 Å². The van der Waals surface area contributed by atoms with Gasteiger partial charge in [0.1, 0.15) is 0 Å². The Kier molecular flexibility index (Phi) is 4.41. The van der Waals surface area contributed by atoms with E-state index in [9.17, 15) is 0 Å². The van der Waals surface area contributed by atoms with E-state index in [1.165, 1.54) is 24.2 Å². The largest absolute Gasteiger partial charge is 0.330 e. The van der Waals surface area contributed by atoms with Crippen LogP contribution in [-0.4, -0.2) is 24.5 Å². The molecule has 1 fully saturated rings. The van der Waals surface area contributed by atoms with Gasteiger partial charge in [0.15, 0.2) is 0 Å². The first-order valence-corrected chi connectivity index (χ1v) is 7.11. The minimum Gasteiger partial charge on any atom is -0.330 e. The van der Waals surface area contributed by atoms with Crippen molar-refractivity contribution < 1.29 is 0 Å². The average Bonchev–Trinajstić information content (AvgIpc) is 2.68. The topological polar surface area (TPSA) is 29.3 Å². The summed E-state index contributed by atoms with van der Waals surface area (Å²) in [4.78, 5) is 2.57. The molecular formula is C16H26N2. The van der Waals surface area contributed by atoms with Gasteiger partial charge in [-0.15, -0.1) is 0 Å². The van der Waals surface area contributed by atoms with Gasteiger partial charge >= 0.3 is 0 Å². The fourth-order valence-corrected chi connectivity index (χ4v) is 2.72. The molecule has 3 atom stereocenters. The summed E-state index contributed by atoms with van der Waals surface area (Å²) in [5, 5.41) is 0. The van der Waals surface area contributed by atoms with Gasteiger partial charge in [-0.05, 0) is 35.4 Å². The summed E-state index contributed by atoms with van der Waals surface area (Å²) in [6.45, 7) is 11.2. The first kappa shape index (κ1) is 13.6. The van der Waals surface area contributed by atoms with Crippen LogP contribution in [0.25, 0.3) is 0 Å². The Bertz CT molecular complexity index is 361. The van der Waals surface area contributed by atoms with Gasteiger partial charge in [-0.3, -0.25) is 4.90 Å². The Hall–Kier alpha value is -0.860. The Balaban J connectivity index is 1.94. The lowest BCUT2D eigenvalue weighted by Crippen LogP contribution is -2.20. The third-order valence-corrected chi connectivity index (χ3v) is 4.37. The Morgan fingerprint density at radius 2 is 1.72 bits per heavy atom. The average molecular weight is 246 g/mol. The minimum atomic E-state index is 0.464. The molecule has 3 unspecified atom stereocenters. The van der Waals surface area contributed by atoms with E-state index < -0.39 is 0 Å². The smallest absolute Gasteiger partial charge is 0.0233 e. The highest BCUT2D eigenvalue weighted by molar-refractivity contribution is 5.25. The zero-order valence-electron chi connectivity index (χ0n) is 11.9. The predicted octanol–water partition coefficient (Wildman–Crippen LogP) is 2.84. The summed E-state index contributed by atoms with van der Waals surface area (Å²) in [5.41, 5.74) is 8.47. The summed E-state index contributed by atoms with van der Waals surface area (Å²) >= 11 is 0. The standard InChI is InChI=1S/C16H26N2/c1-12(8-17)16-6-4-15(5-7-16)11-18-9-13(2)14(3)10-18/h4-7,12-14H,8-11,17H2,1-3H3. The van der Waals surface area contributed by atoms with Gasteiger partial charge in [-0.2, -0.15) is 0 Å². The van der Waals surface area contributed by atoms with Crippen LogP contribution in [0.4, 0.5) is 0 Å². The molecule has 0 spiro atoms. The highest BCUT2D eigenvalue weighted by Gasteiger charge is 2.25. The van der Waals surface area contributed by atoms with Crippen molar-refractivity contribution >= 4 is 0 Å². The van der Waals surface area contributed by atoms with Crippen molar-refractivity contribution in [2.75, 3.05) is 19.6 Å². The van der Waals surface area contributed by atoms with Crippen molar-refractivity contribution in [1.29, 1.82) is 0 Å². The maximum atomic E-state index is 5.70. The molecule has 0 aliphatic carbocycles. The lowest BCUT2D eigenvalue weighted by atomic mass is 10.00. The Morgan fingerprint density at radius 1 is 1.17 bits per heavy atom. The van der Waals surface area contributed by atoms with Gasteiger partial charge in [-0.1, -0.05) is 45.0 Å². The van der Waals surface area contributed by atoms with Crippen molar-refractivity contribution in [3.63, 3.8) is 0 Å². The molecule has 18 heavy (non-hydrogen) atoms. The molecule has 1 aliphatic heterocycles. The fraction of sp³-hybridized carbons (Fsp3) is 0.625. The molecule has 2 nitrogen and oxygen atoms in total. The molecule has 1 aromatic rings. The fourth-order valence-electron chi connectivity index (χ4n) is 2.72. The van der Waals surface area contributed by atoms with Crippen molar-refractivity contribution in [2.24, 2.45) is 17.6 Å². The molecule has 1 saturated heterocycles. The number of nitrogens with zero attached hydrogens (tertiary/aromatic N) is 1. The van der Waals surface area contributed by atoms with E-state index in [2.05, 4.69) is 49.9 Å². The maximum absolute atomic E-state index is 5.70. The summed E-state index contributed by atoms with van der Waals surface area (Å²) in [5.74, 6) is 2.13. The highest BCUT2D eigenvalue weighted by atomic mass is 15.1. The summed E-state index contributed by atoms with van der Waals surface area (Å²) in [6, 6.07) is 8.98.